The first-order valence-electron chi connectivity index (χ1n) is 6.25. The van der Waals surface area contributed by atoms with Gasteiger partial charge in [0.15, 0.2) is 0 Å². The van der Waals surface area contributed by atoms with Crippen molar-refractivity contribution < 1.29 is 0 Å². The highest BCUT2D eigenvalue weighted by molar-refractivity contribution is 5.62. The Labute approximate surface area is 108 Å². The molecule has 0 saturated heterocycles. The van der Waals surface area contributed by atoms with Crippen molar-refractivity contribution in [2.24, 2.45) is 5.73 Å². The third-order valence-electron chi connectivity index (χ3n) is 3.02. The minimum atomic E-state index is 0.333. The van der Waals surface area contributed by atoms with Crippen molar-refractivity contribution in [3.8, 4) is 11.1 Å². The van der Waals surface area contributed by atoms with Crippen LogP contribution in [0.4, 0.5) is 0 Å². The number of hydrogen-bond acceptors (Lipinski definition) is 3. The van der Waals surface area contributed by atoms with Gasteiger partial charge in [0.2, 0.25) is 0 Å². The van der Waals surface area contributed by atoms with Gasteiger partial charge in [0.25, 0.3) is 0 Å². The quantitative estimate of drug-likeness (QED) is 0.845. The zero-order valence-corrected chi connectivity index (χ0v) is 10.6. The number of rotatable bonds is 5. The molecular weight excluding hydrogens is 222 g/mol. The molecule has 2 aromatic rings. The van der Waals surface area contributed by atoms with Crippen LogP contribution in [0, 0.1) is 0 Å². The van der Waals surface area contributed by atoms with E-state index < -0.39 is 0 Å². The fourth-order valence-electron chi connectivity index (χ4n) is 1.93. The molecule has 0 aliphatic heterocycles. The summed E-state index contributed by atoms with van der Waals surface area (Å²) in [6, 6.07) is 13.0. The van der Waals surface area contributed by atoms with Gasteiger partial charge in [-0.05, 0) is 35.7 Å². The summed E-state index contributed by atoms with van der Waals surface area (Å²) in [6.07, 6.45) is 3.63. The summed E-state index contributed by atoms with van der Waals surface area (Å²) in [5.41, 5.74) is 9.17. The largest absolute Gasteiger partial charge is 0.329 e. The molecule has 3 N–H and O–H groups in total. The van der Waals surface area contributed by atoms with Crippen LogP contribution in [0.1, 0.15) is 18.5 Å². The first kappa shape index (κ1) is 12.7. The second-order valence-electron chi connectivity index (χ2n) is 4.32. The SMILES string of the molecule is CC(NCCN)c1ccc(-c2ccncc2)cc1. The van der Waals surface area contributed by atoms with E-state index >= 15 is 0 Å². The summed E-state index contributed by atoms with van der Waals surface area (Å²) >= 11 is 0. The molecule has 0 saturated carbocycles. The minimum absolute atomic E-state index is 0.333. The monoisotopic (exact) mass is 241 g/mol. The summed E-state index contributed by atoms with van der Waals surface area (Å²) in [5.74, 6) is 0. The Morgan fingerprint density at radius 1 is 1.06 bits per heavy atom. The lowest BCUT2D eigenvalue weighted by Crippen LogP contribution is -2.25. The number of nitrogens with one attached hydrogen (secondary N) is 1. The van der Waals surface area contributed by atoms with Crippen molar-refractivity contribution in [2.75, 3.05) is 13.1 Å². The van der Waals surface area contributed by atoms with E-state index in [1.165, 1.54) is 16.7 Å². The molecule has 1 atom stereocenters. The Bertz CT molecular complexity index is 465. The zero-order valence-electron chi connectivity index (χ0n) is 10.6. The van der Waals surface area contributed by atoms with Crippen molar-refractivity contribution in [3.05, 3.63) is 54.4 Å². The maximum atomic E-state index is 5.49. The van der Waals surface area contributed by atoms with Crippen LogP contribution in [0.25, 0.3) is 11.1 Å². The number of nitrogens with zero attached hydrogens (tertiary/aromatic N) is 1. The van der Waals surface area contributed by atoms with Gasteiger partial charge in [0.05, 0.1) is 0 Å². The van der Waals surface area contributed by atoms with Crippen LogP contribution in [0.2, 0.25) is 0 Å². The van der Waals surface area contributed by atoms with Crippen molar-refractivity contribution >= 4 is 0 Å². The van der Waals surface area contributed by atoms with E-state index in [4.69, 9.17) is 5.73 Å². The first-order valence-corrected chi connectivity index (χ1v) is 6.25. The van der Waals surface area contributed by atoms with Gasteiger partial charge in [-0.1, -0.05) is 24.3 Å². The smallest absolute Gasteiger partial charge is 0.0292 e. The molecule has 0 aliphatic rings. The zero-order chi connectivity index (χ0) is 12.8. The average Bonchev–Trinajstić information content (AvgIpc) is 2.46. The lowest BCUT2D eigenvalue weighted by molar-refractivity contribution is 0.582. The molecule has 0 fully saturated rings. The van der Waals surface area contributed by atoms with Crippen LogP contribution < -0.4 is 11.1 Å². The highest BCUT2D eigenvalue weighted by atomic mass is 14.9. The van der Waals surface area contributed by atoms with Crippen molar-refractivity contribution in [2.45, 2.75) is 13.0 Å². The van der Waals surface area contributed by atoms with Gasteiger partial charge >= 0.3 is 0 Å². The van der Waals surface area contributed by atoms with Gasteiger partial charge in [-0.15, -0.1) is 0 Å². The van der Waals surface area contributed by atoms with Crippen LogP contribution in [0.15, 0.2) is 48.8 Å². The maximum Gasteiger partial charge on any atom is 0.0292 e. The standard InChI is InChI=1S/C15H19N3/c1-12(18-11-8-16)13-2-4-14(5-3-13)15-6-9-17-10-7-15/h2-7,9-10,12,18H,8,11,16H2,1H3. The average molecular weight is 241 g/mol. The molecular formula is C15H19N3. The summed E-state index contributed by atoms with van der Waals surface area (Å²) in [7, 11) is 0. The fraction of sp³-hybridized carbons (Fsp3) is 0.267. The molecule has 1 aromatic carbocycles. The molecule has 0 amide bonds. The predicted molar refractivity (Wildman–Crippen MR) is 75.1 cm³/mol. The molecule has 0 bridgehead atoms. The predicted octanol–water partition coefficient (Wildman–Crippen LogP) is 2.36. The highest BCUT2D eigenvalue weighted by Crippen LogP contribution is 2.21. The lowest BCUT2D eigenvalue weighted by Gasteiger charge is -2.14. The second-order valence-corrected chi connectivity index (χ2v) is 4.32. The summed E-state index contributed by atoms with van der Waals surface area (Å²) in [4.78, 5) is 4.03. The second kappa shape index (κ2) is 6.28. The molecule has 0 spiro atoms. The van der Waals surface area contributed by atoms with Gasteiger partial charge < -0.3 is 11.1 Å². The summed E-state index contributed by atoms with van der Waals surface area (Å²) in [6.45, 7) is 3.66. The normalized spacial score (nSPS) is 12.3. The van der Waals surface area contributed by atoms with E-state index in [0.717, 1.165) is 6.54 Å². The number of benzene rings is 1. The molecule has 94 valence electrons. The third-order valence-corrected chi connectivity index (χ3v) is 3.02. The Kier molecular flexibility index (Phi) is 4.45. The molecule has 2 rings (SSSR count). The molecule has 1 heterocycles. The van der Waals surface area contributed by atoms with Gasteiger partial charge in [0, 0.05) is 31.5 Å². The van der Waals surface area contributed by atoms with Crippen LogP contribution in [-0.4, -0.2) is 18.1 Å². The number of pyridine rings is 1. The molecule has 3 nitrogen and oxygen atoms in total. The molecule has 0 radical (unpaired) electrons. The number of nitrogens with two attached hydrogens (primary N) is 1. The molecule has 18 heavy (non-hydrogen) atoms. The van der Waals surface area contributed by atoms with E-state index in [-0.39, 0.29) is 0 Å². The van der Waals surface area contributed by atoms with Gasteiger partial charge in [-0.3, -0.25) is 4.98 Å². The van der Waals surface area contributed by atoms with E-state index in [2.05, 4.69) is 41.5 Å². The molecule has 1 aromatic heterocycles. The van der Waals surface area contributed by atoms with Crippen LogP contribution in [0.3, 0.4) is 0 Å². The van der Waals surface area contributed by atoms with Gasteiger partial charge in [-0.2, -0.15) is 0 Å². The maximum absolute atomic E-state index is 5.49. The van der Waals surface area contributed by atoms with Crippen molar-refractivity contribution in [1.29, 1.82) is 0 Å². The Morgan fingerprint density at radius 3 is 2.28 bits per heavy atom. The summed E-state index contributed by atoms with van der Waals surface area (Å²) in [5, 5.41) is 3.37. The Hall–Kier alpha value is -1.71. The highest BCUT2D eigenvalue weighted by Gasteiger charge is 2.04. The molecule has 3 heteroatoms. The van der Waals surface area contributed by atoms with Crippen LogP contribution >= 0.6 is 0 Å². The van der Waals surface area contributed by atoms with Gasteiger partial charge in [0.1, 0.15) is 0 Å². The Morgan fingerprint density at radius 2 is 1.67 bits per heavy atom. The van der Waals surface area contributed by atoms with E-state index in [0.29, 0.717) is 12.6 Å². The lowest BCUT2D eigenvalue weighted by atomic mass is 10.0. The van der Waals surface area contributed by atoms with E-state index in [9.17, 15) is 0 Å². The third kappa shape index (κ3) is 3.15. The topological polar surface area (TPSA) is 50.9 Å². The minimum Gasteiger partial charge on any atom is -0.329 e. The number of hydrogen-bond donors (Lipinski definition) is 2. The van der Waals surface area contributed by atoms with Crippen molar-refractivity contribution in [1.82, 2.24) is 10.3 Å². The van der Waals surface area contributed by atoms with Crippen molar-refractivity contribution in [3.63, 3.8) is 0 Å². The summed E-state index contributed by atoms with van der Waals surface area (Å²) < 4.78 is 0. The molecule has 0 aliphatic carbocycles. The van der Waals surface area contributed by atoms with Crippen LogP contribution in [0.5, 0.6) is 0 Å². The van der Waals surface area contributed by atoms with Gasteiger partial charge in [-0.25, -0.2) is 0 Å². The van der Waals surface area contributed by atoms with E-state index in [1.807, 2.05) is 24.5 Å². The fourth-order valence-corrected chi connectivity index (χ4v) is 1.93. The van der Waals surface area contributed by atoms with E-state index in [1.54, 1.807) is 0 Å². The number of aromatic nitrogens is 1. The first-order chi connectivity index (χ1) is 8.81. The molecule has 1 unspecified atom stereocenters. The van der Waals surface area contributed by atoms with Crippen LogP contribution in [-0.2, 0) is 0 Å². The Balaban J connectivity index is 2.10.